The molecule has 1 aliphatic rings. The van der Waals surface area contributed by atoms with Crippen molar-refractivity contribution >= 4 is 23.4 Å². The van der Waals surface area contributed by atoms with Crippen molar-refractivity contribution in [1.82, 2.24) is 5.16 Å². The molecule has 0 atom stereocenters. The average molecular weight is 385 g/mol. The second kappa shape index (κ2) is 8.39. The van der Waals surface area contributed by atoms with E-state index in [0.717, 1.165) is 18.4 Å². The molecule has 2 amide bonds. The fourth-order valence-corrected chi connectivity index (χ4v) is 2.95. The zero-order chi connectivity index (χ0) is 20.1. The summed E-state index contributed by atoms with van der Waals surface area (Å²) in [6.45, 7) is 0. The van der Waals surface area contributed by atoms with Crippen molar-refractivity contribution in [3.63, 3.8) is 0 Å². The lowest BCUT2D eigenvalue weighted by Crippen LogP contribution is -2.14. The first kappa shape index (κ1) is 18.4. The van der Waals surface area contributed by atoms with Crippen LogP contribution in [-0.2, 0) is 4.79 Å². The molecule has 0 fully saturated rings. The molecule has 3 aromatic rings. The highest BCUT2D eigenvalue weighted by atomic mass is 16.5. The predicted octanol–water partition coefficient (Wildman–Crippen LogP) is 4.81. The van der Waals surface area contributed by atoms with Gasteiger partial charge in [-0.3, -0.25) is 14.9 Å². The van der Waals surface area contributed by atoms with Crippen LogP contribution in [0.4, 0.5) is 11.6 Å². The third-order valence-corrected chi connectivity index (χ3v) is 4.48. The van der Waals surface area contributed by atoms with E-state index in [0.29, 0.717) is 22.5 Å². The first-order valence-corrected chi connectivity index (χ1v) is 9.31. The summed E-state index contributed by atoms with van der Waals surface area (Å²) in [5.74, 6) is -0.124. The van der Waals surface area contributed by atoms with Crippen LogP contribution in [0, 0.1) is 0 Å². The summed E-state index contributed by atoms with van der Waals surface area (Å²) >= 11 is 0. The molecule has 2 N–H and O–H groups in total. The molecule has 0 aliphatic heterocycles. The maximum Gasteiger partial charge on any atom is 0.258 e. The van der Waals surface area contributed by atoms with E-state index in [-0.39, 0.29) is 17.7 Å². The van der Waals surface area contributed by atoms with Crippen LogP contribution in [0.25, 0.3) is 11.3 Å². The number of carbonyl (C=O) groups excluding carboxylic acids is 2. The standard InChI is InChI=1S/C23H19N3O3/c27-22(17-7-3-1-4-8-17)24-19-13-11-16(12-14-19)20-15-21(29-26-20)25-23(28)18-9-5-2-6-10-18/h2-3,5-15H,1,4H2,(H,24,27)(H,25,28). The second-order valence-corrected chi connectivity index (χ2v) is 6.57. The van der Waals surface area contributed by atoms with Crippen molar-refractivity contribution in [2.75, 3.05) is 10.6 Å². The number of carbonyl (C=O) groups is 2. The molecule has 0 unspecified atom stereocenters. The second-order valence-electron chi connectivity index (χ2n) is 6.57. The van der Waals surface area contributed by atoms with Crippen LogP contribution in [0.5, 0.6) is 0 Å². The zero-order valence-electron chi connectivity index (χ0n) is 15.6. The molecule has 1 heterocycles. The van der Waals surface area contributed by atoms with Gasteiger partial charge in [0.05, 0.1) is 0 Å². The van der Waals surface area contributed by atoms with Gasteiger partial charge in [-0.25, -0.2) is 0 Å². The number of allylic oxidation sites excluding steroid dienone is 2. The van der Waals surface area contributed by atoms with Gasteiger partial charge in [0.2, 0.25) is 5.88 Å². The smallest absolute Gasteiger partial charge is 0.258 e. The number of nitrogens with zero attached hydrogens (tertiary/aromatic N) is 1. The zero-order valence-corrected chi connectivity index (χ0v) is 15.6. The average Bonchev–Trinajstić information content (AvgIpc) is 3.24. The summed E-state index contributed by atoms with van der Waals surface area (Å²) in [5, 5.41) is 9.57. The first-order valence-electron chi connectivity index (χ1n) is 9.31. The molecule has 0 bridgehead atoms. The van der Waals surface area contributed by atoms with E-state index < -0.39 is 0 Å². The van der Waals surface area contributed by atoms with E-state index in [1.165, 1.54) is 0 Å². The molecule has 0 saturated heterocycles. The molecule has 6 nitrogen and oxygen atoms in total. The number of benzene rings is 2. The van der Waals surface area contributed by atoms with Crippen LogP contribution in [0.15, 0.2) is 89.0 Å². The van der Waals surface area contributed by atoms with Gasteiger partial charge in [0, 0.05) is 28.5 Å². The molecule has 0 spiro atoms. The molecule has 144 valence electrons. The minimum absolute atomic E-state index is 0.124. The van der Waals surface area contributed by atoms with Crippen molar-refractivity contribution in [3.8, 4) is 11.3 Å². The van der Waals surface area contributed by atoms with Gasteiger partial charge < -0.3 is 9.84 Å². The topological polar surface area (TPSA) is 84.2 Å². The SMILES string of the molecule is O=C(Nc1ccc(-c2cc(NC(=O)c3ccccc3)on2)cc1)C1=CCCC=C1. The van der Waals surface area contributed by atoms with Crippen LogP contribution in [0.2, 0.25) is 0 Å². The number of rotatable bonds is 5. The van der Waals surface area contributed by atoms with Crippen LogP contribution in [-0.4, -0.2) is 17.0 Å². The van der Waals surface area contributed by atoms with E-state index in [1.807, 2.05) is 36.4 Å². The minimum atomic E-state index is -0.266. The van der Waals surface area contributed by atoms with E-state index in [1.54, 1.807) is 42.5 Å². The van der Waals surface area contributed by atoms with E-state index in [4.69, 9.17) is 4.52 Å². The Morgan fingerprint density at radius 3 is 2.41 bits per heavy atom. The molecule has 0 saturated carbocycles. The monoisotopic (exact) mass is 385 g/mol. The van der Waals surface area contributed by atoms with Gasteiger partial charge in [0.1, 0.15) is 5.69 Å². The predicted molar refractivity (Wildman–Crippen MR) is 111 cm³/mol. The fourth-order valence-electron chi connectivity index (χ4n) is 2.95. The summed E-state index contributed by atoms with van der Waals surface area (Å²) in [4.78, 5) is 24.4. The third-order valence-electron chi connectivity index (χ3n) is 4.48. The number of amides is 2. The summed E-state index contributed by atoms with van der Waals surface area (Å²) in [5.41, 5.74) is 3.30. The summed E-state index contributed by atoms with van der Waals surface area (Å²) in [6, 6.07) is 17.8. The highest BCUT2D eigenvalue weighted by Crippen LogP contribution is 2.24. The van der Waals surface area contributed by atoms with Gasteiger partial charge in [0.25, 0.3) is 11.8 Å². The van der Waals surface area contributed by atoms with E-state index >= 15 is 0 Å². The lowest BCUT2D eigenvalue weighted by atomic mass is 10.1. The minimum Gasteiger partial charge on any atom is -0.338 e. The number of anilines is 2. The highest BCUT2D eigenvalue weighted by molar-refractivity contribution is 6.06. The quantitative estimate of drug-likeness (QED) is 0.660. The van der Waals surface area contributed by atoms with Gasteiger partial charge in [-0.1, -0.05) is 53.7 Å². The van der Waals surface area contributed by atoms with Gasteiger partial charge in [0.15, 0.2) is 0 Å². The van der Waals surface area contributed by atoms with Crippen LogP contribution in [0.3, 0.4) is 0 Å². The lowest BCUT2D eigenvalue weighted by Gasteiger charge is -2.08. The molecule has 4 rings (SSSR count). The van der Waals surface area contributed by atoms with Crippen molar-refractivity contribution in [2.24, 2.45) is 0 Å². The normalized spacial score (nSPS) is 12.9. The molecule has 0 radical (unpaired) electrons. The molecular weight excluding hydrogens is 366 g/mol. The third kappa shape index (κ3) is 4.50. The first-order chi connectivity index (χ1) is 14.2. The van der Waals surface area contributed by atoms with Gasteiger partial charge >= 0.3 is 0 Å². The maximum absolute atomic E-state index is 12.2. The largest absolute Gasteiger partial charge is 0.338 e. The van der Waals surface area contributed by atoms with Crippen molar-refractivity contribution < 1.29 is 14.1 Å². The Bertz CT molecular complexity index is 1080. The maximum atomic E-state index is 12.2. The summed E-state index contributed by atoms with van der Waals surface area (Å²) in [7, 11) is 0. The number of hydrogen-bond acceptors (Lipinski definition) is 4. The lowest BCUT2D eigenvalue weighted by molar-refractivity contribution is -0.112. The van der Waals surface area contributed by atoms with Gasteiger partial charge in [-0.15, -0.1) is 0 Å². The van der Waals surface area contributed by atoms with Crippen LogP contribution in [0.1, 0.15) is 23.2 Å². The molecule has 1 aromatic heterocycles. The van der Waals surface area contributed by atoms with Crippen molar-refractivity contribution in [3.05, 3.63) is 90.0 Å². The van der Waals surface area contributed by atoms with Crippen LogP contribution >= 0.6 is 0 Å². The Morgan fingerprint density at radius 2 is 1.69 bits per heavy atom. The van der Waals surface area contributed by atoms with Gasteiger partial charge in [-0.2, -0.15) is 0 Å². The Balaban J connectivity index is 1.40. The number of nitrogens with one attached hydrogen (secondary N) is 2. The Labute approximate surface area is 167 Å². The Kier molecular flexibility index (Phi) is 5.33. The molecule has 1 aliphatic carbocycles. The molecule has 29 heavy (non-hydrogen) atoms. The van der Waals surface area contributed by atoms with Gasteiger partial charge in [-0.05, 0) is 37.1 Å². The number of hydrogen-bond donors (Lipinski definition) is 2. The number of aromatic nitrogens is 1. The fraction of sp³-hybridized carbons (Fsp3) is 0.0870. The highest BCUT2D eigenvalue weighted by Gasteiger charge is 2.12. The Morgan fingerprint density at radius 1 is 0.897 bits per heavy atom. The van der Waals surface area contributed by atoms with Crippen molar-refractivity contribution in [1.29, 1.82) is 0 Å². The van der Waals surface area contributed by atoms with E-state index in [2.05, 4.69) is 15.8 Å². The van der Waals surface area contributed by atoms with E-state index in [9.17, 15) is 9.59 Å². The van der Waals surface area contributed by atoms with Crippen LogP contribution < -0.4 is 10.6 Å². The summed E-state index contributed by atoms with van der Waals surface area (Å²) < 4.78 is 5.22. The summed E-state index contributed by atoms with van der Waals surface area (Å²) in [6.07, 6.45) is 7.62. The Hall–Kier alpha value is -3.93. The molecule has 2 aromatic carbocycles. The van der Waals surface area contributed by atoms with Crippen molar-refractivity contribution in [2.45, 2.75) is 12.8 Å². The molecule has 6 heteroatoms. The molecular formula is C23H19N3O3.